The van der Waals surface area contributed by atoms with Gasteiger partial charge in [0.05, 0.1) is 24.7 Å². The van der Waals surface area contributed by atoms with E-state index in [1.165, 1.54) is 5.57 Å². The van der Waals surface area contributed by atoms with Gasteiger partial charge >= 0.3 is 5.97 Å². The number of carboxylic acids is 1. The van der Waals surface area contributed by atoms with Gasteiger partial charge in [0, 0.05) is 0 Å². The first-order valence-corrected chi connectivity index (χ1v) is 19.6. The first-order chi connectivity index (χ1) is 23.7. The molecule has 0 unspecified atom stereocenters. The van der Waals surface area contributed by atoms with Crippen LogP contribution in [0.15, 0.2) is 11.6 Å². The minimum atomic E-state index is -1.56. The molecule has 11 nitrogen and oxygen atoms in total. The molecule has 4 saturated carbocycles. The lowest BCUT2D eigenvalue weighted by Gasteiger charge is -2.71. The number of hydrogen-bond acceptors (Lipinski definition) is 10. The SMILES string of the molecule is CC1(C)CC[C@]2(C(=O)O)CC[C@]3(C)C(=CC[C@@H]4[C@@]5(C)CC[C@H](O[C@@H]6OC[C@H](O)[C@H](O)[C@H]6O[C@@H]6OC[C@@H](O)[C@H](O)[C@H]6O)C(C)(C)[C@@H]5CC[C@]43C)[C@@H]2C1. The van der Waals surface area contributed by atoms with E-state index in [1.54, 1.807) is 0 Å². The minimum absolute atomic E-state index is 0.0185. The molecule has 0 amide bonds. The molecule has 6 fully saturated rings. The molecular formula is C40H64O11. The van der Waals surface area contributed by atoms with Crippen LogP contribution in [0, 0.1) is 50.2 Å². The summed E-state index contributed by atoms with van der Waals surface area (Å²) in [6, 6.07) is 0. The number of aliphatic carboxylic acids is 1. The van der Waals surface area contributed by atoms with Crippen LogP contribution in [0.5, 0.6) is 0 Å². The van der Waals surface area contributed by atoms with Gasteiger partial charge in [0.15, 0.2) is 12.6 Å². The number of rotatable bonds is 5. The third-order valence-electron chi connectivity index (χ3n) is 16.5. The van der Waals surface area contributed by atoms with Crippen molar-refractivity contribution < 1.29 is 54.4 Å². The highest BCUT2D eigenvalue weighted by Crippen LogP contribution is 2.76. The van der Waals surface area contributed by atoms with Crippen molar-refractivity contribution in [3.63, 3.8) is 0 Å². The molecule has 2 heterocycles. The predicted octanol–water partition coefficient (Wildman–Crippen LogP) is 4.16. The lowest BCUT2D eigenvalue weighted by molar-refractivity contribution is -0.357. The van der Waals surface area contributed by atoms with Crippen LogP contribution in [-0.4, -0.2) is 105 Å². The van der Waals surface area contributed by atoms with Crippen molar-refractivity contribution in [2.45, 2.75) is 168 Å². The predicted molar refractivity (Wildman–Crippen MR) is 186 cm³/mol. The van der Waals surface area contributed by atoms with Gasteiger partial charge in [-0.2, -0.15) is 0 Å². The molecule has 6 N–H and O–H groups in total. The number of aliphatic hydroxyl groups excluding tert-OH is 5. The van der Waals surface area contributed by atoms with Gasteiger partial charge in [0.2, 0.25) is 0 Å². The molecule has 0 aromatic heterocycles. The first-order valence-electron chi connectivity index (χ1n) is 19.6. The van der Waals surface area contributed by atoms with Crippen molar-refractivity contribution in [2.24, 2.45) is 50.2 Å². The number of ether oxygens (including phenoxy) is 4. The lowest BCUT2D eigenvalue weighted by atomic mass is 9.33. The Balaban J connectivity index is 1.13. The Morgan fingerprint density at radius 2 is 1.39 bits per heavy atom. The largest absolute Gasteiger partial charge is 0.481 e. The van der Waals surface area contributed by atoms with E-state index in [1.807, 2.05) is 0 Å². The second-order valence-electron chi connectivity index (χ2n) is 19.8. The standard InChI is InChI=1S/C40H64O11/c1-35(2)14-16-40(34(46)47)17-15-38(6)21(22(40)18-35)8-9-26-37(5)12-11-27(36(3,4)25(37)10-13-39(26,38)7)50-33-31(29(44)24(42)20-49-33)51-32-30(45)28(43)23(41)19-48-32/h8,22-33,41-45H,9-20H2,1-7H3,(H,46,47)/t22-,23+,24-,25-,26+,27-,28-,29-,30+,31+,32-,33-,37-,38+,39+,40-/m0/s1. The Labute approximate surface area is 303 Å². The van der Waals surface area contributed by atoms with Crippen LogP contribution in [0.3, 0.4) is 0 Å². The summed E-state index contributed by atoms with van der Waals surface area (Å²) in [5.74, 6) is 0.227. The zero-order chi connectivity index (χ0) is 37.1. The summed E-state index contributed by atoms with van der Waals surface area (Å²) in [6.07, 6.45) is 0.735. The smallest absolute Gasteiger partial charge is 0.310 e. The topological polar surface area (TPSA) is 175 Å². The highest BCUT2D eigenvalue weighted by Gasteiger charge is 2.69. The summed E-state index contributed by atoms with van der Waals surface area (Å²) in [4.78, 5) is 13.0. The van der Waals surface area contributed by atoms with E-state index in [2.05, 4.69) is 54.5 Å². The molecule has 7 aliphatic rings. The molecule has 0 aromatic rings. The number of fused-ring (bicyclic) bond motifs is 7. The van der Waals surface area contributed by atoms with Crippen LogP contribution >= 0.6 is 0 Å². The van der Waals surface area contributed by atoms with Crippen molar-refractivity contribution in [3.8, 4) is 0 Å². The Morgan fingerprint density at radius 3 is 2.08 bits per heavy atom. The van der Waals surface area contributed by atoms with Crippen LogP contribution in [0.2, 0.25) is 0 Å². The van der Waals surface area contributed by atoms with Crippen LogP contribution in [0.1, 0.15) is 113 Å². The number of carboxylic acid groups (broad SMARTS) is 1. The van der Waals surface area contributed by atoms with Crippen molar-refractivity contribution >= 4 is 5.97 Å². The van der Waals surface area contributed by atoms with Crippen molar-refractivity contribution in [1.82, 2.24) is 0 Å². The Bertz CT molecular complexity index is 1380. The van der Waals surface area contributed by atoms with Crippen LogP contribution in [-0.2, 0) is 23.7 Å². The minimum Gasteiger partial charge on any atom is -0.481 e. The lowest BCUT2D eigenvalue weighted by Crippen LogP contribution is -2.66. The second-order valence-corrected chi connectivity index (χ2v) is 19.8. The molecule has 0 radical (unpaired) electrons. The fourth-order valence-corrected chi connectivity index (χ4v) is 13.1. The van der Waals surface area contributed by atoms with Gasteiger partial charge in [-0.25, -0.2) is 0 Å². The fourth-order valence-electron chi connectivity index (χ4n) is 13.1. The zero-order valence-electron chi connectivity index (χ0n) is 31.7. The van der Waals surface area contributed by atoms with E-state index in [0.717, 1.165) is 64.2 Å². The van der Waals surface area contributed by atoms with Gasteiger partial charge in [0.1, 0.15) is 36.6 Å². The summed E-state index contributed by atoms with van der Waals surface area (Å²) in [7, 11) is 0. The molecule has 51 heavy (non-hydrogen) atoms. The third kappa shape index (κ3) is 5.64. The van der Waals surface area contributed by atoms with Gasteiger partial charge < -0.3 is 49.6 Å². The maximum absolute atomic E-state index is 13.0. The van der Waals surface area contributed by atoms with Gasteiger partial charge in [-0.05, 0) is 109 Å². The average Bonchev–Trinajstić information content (AvgIpc) is 3.05. The normalized spacial score (nSPS) is 53.5. The van der Waals surface area contributed by atoms with E-state index >= 15 is 0 Å². The molecule has 16 atom stereocenters. The summed E-state index contributed by atoms with van der Waals surface area (Å²) in [5, 5.41) is 62.9. The maximum atomic E-state index is 13.0. The molecule has 11 heteroatoms. The third-order valence-corrected chi connectivity index (χ3v) is 16.5. The van der Waals surface area contributed by atoms with E-state index in [0.29, 0.717) is 11.8 Å². The molecule has 2 aliphatic heterocycles. The maximum Gasteiger partial charge on any atom is 0.310 e. The summed E-state index contributed by atoms with van der Waals surface area (Å²) < 4.78 is 24.1. The Morgan fingerprint density at radius 1 is 0.745 bits per heavy atom. The molecule has 290 valence electrons. The highest BCUT2D eigenvalue weighted by molar-refractivity contribution is 5.76. The fraction of sp³-hybridized carbons (Fsp3) is 0.925. The molecule has 0 spiro atoms. The van der Waals surface area contributed by atoms with E-state index in [-0.39, 0.29) is 52.3 Å². The number of aliphatic hydroxyl groups is 5. The van der Waals surface area contributed by atoms with Gasteiger partial charge in [-0.15, -0.1) is 0 Å². The monoisotopic (exact) mass is 720 g/mol. The van der Waals surface area contributed by atoms with Crippen LogP contribution in [0.25, 0.3) is 0 Å². The van der Waals surface area contributed by atoms with Crippen molar-refractivity contribution in [1.29, 1.82) is 0 Å². The molecular weight excluding hydrogens is 656 g/mol. The Hall–Kier alpha value is -1.15. The highest BCUT2D eigenvalue weighted by atomic mass is 16.7. The summed E-state index contributed by atoms with van der Waals surface area (Å²) in [5.41, 5.74) is 0.597. The van der Waals surface area contributed by atoms with E-state index in [9.17, 15) is 35.4 Å². The summed E-state index contributed by atoms with van der Waals surface area (Å²) in [6.45, 7) is 16.2. The van der Waals surface area contributed by atoms with E-state index < -0.39 is 60.6 Å². The quantitative estimate of drug-likeness (QED) is 0.178. The molecule has 0 aromatic carbocycles. The average molecular weight is 721 g/mol. The number of carbonyl (C=O) groups is 1. The Kier molecular flexibility index (Phi) is 9.50. The van der Waals surface area contributed by atoms with Crippen LogP contribution < -0.4 is 0 Å². The van der Waals surface area contributed by atoms with Gasteiger partial charge in [0.25, 0.3) is 0 Å². The zero-order valence-corrected chi connectivity index (χ0v) is 31.7. The number of allylic oxidation sites excluding steroid dienone is 2. The van der Waals surface area contributed by atoms with Gasteiger partial charge in [-0.3, -0.25) is 4.79 Å². The van der Waals surface area contributed by atoms with Crippen molar-refractivity contribution in [3.05, 3.63) is 11.6 Å². The molecule has 5 aliphatic carbocycles. The van der Waals surface area contributed by atoms with Gasteiger partial charge in [-0.1, -0.05) is 60.1 Å². The number of hydrogen-bond donors (Lipinski definition) is 6. The second kappa shape index (κ2) is 12.7. The van der Waals surface area contributed by atoms with E-state index in [4.69, 9.17) is 18.9 Å². The van der Waals surface area contributed by atoms with Crippen molar-refractivity contribution in [2.75, 3.05) is 13.2 Å². The molecule has 0 bridgehead atoms. The molecule has 2 saturated heterocycles. The first kappa shape index (κ1) is 38.1. The summed E-state index contributed by atoms with van der Waals surface area (Å²) >= 11 is 0. The van der Waals surface area contributed by atoms with Crippen LogP contribution in [0.4, 0.5) is 0 Å². The molecule has 7 rings (SSSR count).